The van der Waals surface area contributed by atoms with Gasteiger partial charge < -0.3 is 5.73 Å². The fraction of sp³-hybridized carbons (Fsp3) is 1.00. The zero-order chi connectivity index (χ0) is 11.2. The lowest BCUT2D eigenvalue weighted by atomic mass is 9.43. The molecule has 2 unspecified atom stereocenters. The Kier molecular flexibility index (Phi) is 2.58. The van der Waals surface area contributed by atoms with Gasteiger partial charge in [0, 0.05) is 0 Å². The molecule has 0 aromatic rings. The molecule has 92 valence electrons. The summed E-state index contributed by atoms with van der Waals surface area (Å²) in [5.74, 6) is 2.14. The minimum Gasteiger partial charge on any atom is -0.330 e. The fourth-order valence-electron chi connectivity index (χ4n) is 6.07. The van der Waals surface area contributed by atoms with Crippen molar-refractivity contribution in [1.29, 1.82) is 0 Å². The molecule has 2 atom stereocenters. The van der Waals surface area contributed by atoms with Crippen LogP contribution in [0.3, 0.4) is 0 Å². The first kappa shape index (κ1) is 11.1. The molecule has 4 fully saturated rings. The SMILES string of the molecule is CCCC12CC3CC(C1)CC(CCN)(C3)C2. The van der Waals surface area contributed by atoms with Crippen LogP contribution in [0.1, 0.15) is 64.7 Å². The van der Waals surface area contributed by atoms with Gasteiger partial charge in [0.1, 0.15) is 0 Å². The summed E-state index contributed by atoms with van der Waals surface area (Å²) in [5, 5.41) is 0. The molecule has 0 aliphatic heterocycles. The van der Waals surface area contributed by atoms with Crippen molar-refractivity contribution in [3.05, 3.63) is 0 Å². The van der Waals surface area contributed by atoms with Gasteiger partial charge in [-0.2, -0.15) is 0 Å². The second-order valence-corrected chi connectivity index (χ2v) is 7.25. The summed E-state index contributed by atoms with van der Waals surface area (Å²) in [6, 6.07) is 0. The van der Waals surface area contributed by atoms with E-state index < -0.39 is 0 Å². The molecule has 4 rings (SSSR count). The predicted octanol–water partition coefficient (Wildman–Crippen LogP) is 3.72. The van der Waals surface area contributed by atoms with Crippen LogP contribution >= 0.6 is 0 Å². The Bertz CT molecular complexity index is 233. The highest BCUT2D eigenvalue weighted by molar-refractivity contribution is 5.07. The maximum atomic E-state index is 5.87. The second kappa shape index (κ2) is 3.73. The van der Waals surface area contributed by atoms with Crippen molar-refractivity contribution in [3.63, 3.8) is 0 Å². The first-order chi connectivity index (χ1) is 7.69. The Hall–Kier alpha value is -0.0400. The van der Waals surface area contributed by atoms with Crippen LogP contribution in [0.2, 0.25) is 0 Å². The van der Waals surface area contributed by atoms with Gasteiger partial charge in [0.15, 0.2) is 0 Å². The molecule has 4 bridgehead atoms. The number of nitrogens with two attached hydrogens (primary N) is 1. The largest absolute Gasteiger partial charge is 0.330 e. The van der Waals surface area contributed by atoms with Gasteiger partial charge in [-0.25, -0.2) is 0 Å². The molecular weight excluding hydrogens is 194 g/mol. The quantitative estimate of drug-likeness (QED) is 0.769. The minimum absolute atomic E-state index is 0.688. The Morgan fingerprint density at radius 3 is 2.06 bits per heavy atom. The van der Waals surface area contributed by atoms with Crippen molar-refractivity contribution >= 4 is 0 Å². The minimum atomic E-state index is 0.688. The molecule has 1 nitrogen and oxygen atoms in total. The summed E-state index contributed by atoms with van der Waals surface area (Å²) in [4.78, 5) is 0. The van der Waals surface area contributed by atoms with E-state index in [0.717, 1.165) is 23.8 Å². The van der Waals surface area contributed by atoms with Crippen molar-refractivity contribution in [1.82, 2.24) is 0 Å². The van der Waals surface area contributed by atoms with Crippen molar-refractivity contribution in [2.45, 2.75) is 64.7 Å². The van der Waals surface area contributed by atoms with Gasteiger partial charge in [-0.15, -0.1) is 0 Å². The van der Waals surface area contributed by atoms with E-state index in [4.69, 9.17) is 5.73 Å². The molecule has 0 heterocycles. The molecule has 0 amide bonds. The molecule has 2 N–H and O–H groups in total. The van der Waals surface area contributed by atoms with Crippen LogP contribution in [0.25, 0.3) is 0 Å². The third-order valence-corrected chi connectivity index (χ3v) is 5.76. The van der Waals surface area contributed by atoms with E-state index in [0.29, 0.717) is 5.41 Å². The second-order valence-electron chi connectivity index (χ2n) is 7.25. The predicted molar refractivity (Wildman–Crippen MR) is 68.1 cm³/mol. The van der Waals surface area contributed by atoms with Crippen LogP contribution in [-0.4, -0.2) is 6.54 Å². The Labute approximate surface area is 100 Å². The molecular formula is C15H27N. The highest BCUT2D eigenvalue weighted by atomic mass is 14.6. The average Bonchev–Trinajstić information content (AvgIpc) is 2.14. The third kappa shape index (κ3) is 1.63. The molecule has 4 aliphatic carbocycles. The van der Waals surface area contributed by atoms with E-state index in [1.165, 1.54) is 38.5 Å². The highest BCUT2D eigenvalue weighted by Crippen LogP contribution is 2.67. The Morgan fingerprint density at radius 1 is 1.00 bits per heavy atom. The molecule has 0 aromatic heterocycles. The van der Waals surface area contributed by atoms with E-state index in [-0.39, 0.29) is 0 Å². The van der Waals surface area contributed by atoms with Gasteiger partial charge in [-0.1, -0.05) is 13.3 Å². The van der Waals surface area contributed by atoms with Crippen LogP contribution in [0.15, 0.2) is 0 Å². The van der Waals surface area contributed by atoms with Crippen LogP contribution in [0.5, 0.6) is 0 Å². The molecule has 4 saturated carbocycles. The van der Waals surface area contributed by atoms with E-state index in [9.17, 15) is 0 Å². The van der Waals surface area contributed by atoms with E-state index in [1.807, 2.05) is 0 Å². The average molecular weight is 221 g/mol. The maximum Gasteiger partial charge on any atom is -0.00720 e. The summed E-state index contributed by atoms with van der Waals surface area (Å²) in [6.45, 7) is 3.29. The van der Waals surface area contributed by atoms with Gasteiger partial charge in [0.2, 0.25) is 0 Å². The molecule has 16 heavy (non-hydrogen) atoms. The van der Waals surface area contributed by atoms with Crippen molar-refractivity contribution in [3.8, 4) is 0 Å². The summed E-state index contributed by atoms with van der Waals surface area (Å²) in [5.41, 5.74) is 7.31. The van der Waals surface area contributed by atoms with Crippen molar-refractivity contribution < 1.29 is 0 Å². The Balaban J connectivity index is 1.85. The van der Waals surface area contributed by atoms with Crippen molar-refractivity contribution in [2.24, 2.45) is 28.4 Å². The fourth-order valence-corrected chi connectivity index (χ4v) is 6.07. The Morgan fingerprint density at radius 2 is 1.56 bits per heavy atom. The standard InChI is InChI=1S/C15H27N/c1-2-3-14-7-12-6-13(8-14)10-15(9-12,11-14)4-5-16/h12-13H,2-11,16H2,1H3. The smallest absolute Gasteiger partial charge is 0.00720 e. The van der Waals surface area contributed by atoms with Gasteiger partial charge in [0.25, 0.3) is 0 Å². The zero-order valence-corrected chi connectivity index (χ0v) is 10.8. The molecule has 0 saturated heterocycles. The lowest BCUT2D eigenvalue weighted by Crippen LogP contribution is -2.52. The van der Waals surface area contributed by atoms with Gasteiger partial charge in [-0.3, -0.25) is 0 Å². The summed E-state index contributed by atoms with van der Waals surface area (Å²) in [6.07, 6.45) is 13.4. The number of hydrogen-bond donors (Lipinski definition) is 1. The third-order valence-electron chi connectivity index (χ3n) is 5.76. The topological polar surface area (TPSA) is 26.0 Å². The van der Waals surface area contributed by atoms with Crippen LogP contribution < -0.4 is 5.73 Å². The molecule has 0 radical (unpaired) electrons. The van der Waals surface area contributed by atoms with Gasteiger partial charge in [-0.05, 0) is 80.6 Å². The van der Waals surface area contributed by atoms with E-state index in [1.54, 1.807) is 19.3 Å². The van der Waals surface area contributed by atoms with E-state index >= 15 is 0 Å². The maximum absolute atomic E-state index is 5.87. The number of rotatable bonds is 4. The molecule has 4 aliphatic rings. The van der Waals surface area contributed by atoms with Crippen molar-refractivity contribution in [2.75, 3.05) is 6.54 Å². The highest BCUT2D eigenvalue weighted by Gasteiger charge is 2.56. The van der Waals surface area contributed by atoms with Crippen LogP contribution in [-0.2, 0) is 0 Å². The summed E-state index contributed by atoms with van der Waals surface area (Å²) in [7, 11) is 0. The van der Waals surface area contributed by atoms with Crippen LogP contribution in [0.4, 0.5) is 0 Å². The lowest BCUT2D eigenvalue weighted by molar-refractivity contribution is -0.116. The van der Waals surface area contributed by atoms with E-state index in [2.05, 4.69) is 6.92 Å². The zero-order valence-electron chi connectivity index (χ0n) is 10.8. The number of hydrogen-bond acceptors (Lipinski definition) is 1. The monoisotopic (exact) mass is 221 g/mol. The molecule has 0 aromatic carbocycles. The molecule has 0 spiro atoms. The molecule has 1 heteroatoms. The first-order valence-corrected chi connectivity index (χ1v) is 7.39. The summed E-state index contributed by atoms with van der Waals surface area (Å²) < 4.78 is 0. The lowest BCUT2D eigenvalue weighted by Gasteiger charge is -2.62. The van der Waals surface area contributed by atoms with Gasteiger partial charge >= 0.3 is 0 Å². The normalized spacial score (nSPS) is 49.9. The van der Waals surface area contributed by atoms with Crippen LogP contribution in [0, 0.1) is 22.7 Å². The summed E-state index contributed by atoms with van der Waals surface area (Å²) >= 11 is 0. The first-order valence-electron chi connectivity index (χ1n) is 7.39. The van der Waals surface area contributed by atoms with Gasteiger partial charge in [0.05, 0.1) is 0 Å².